The number of thioether (sulfide) groups is 1. The molecule has 0 saturated heterocycles. The maximum absolute atomic E-state index is 6.11. The Morgan fingerprint density at radius 3 is 2.60 bits per heavy atom. The van der Waals surface area contributed by atoms with E-state index in [1.807, 2.05) is 30.0 Å². The fourth-order valence-electron chi connectivity index (χ4n) is 2.46. The number of nitrogens with two attached hydrogens (primary N) is 1. The summed E-state index contributed by atoms with van der Waals surface area (Å²) in [6, 6.07) is 8.11. The molecule has 0 radical (unpaired) electrons. The Morgan fingerprint density at radius 1 is 1.25 bits per heavy atom. The van der Waals surface area contributed by atoms with Crippen molar-refractivity contribution in [1.82, 2.24) is 4.98 Å². The SMILES string of the molecule is CCC(CC)(CNc1c(N)cnc2ccccc12)SC. The van der Waals surface area contributed by atoms with Gasteiger partial charge in [-0.1, -0.05) is 32.0 Å². The Bertz CT molecular complexity index is 571. The fraction of sp³-hybridized carbons (Fsp3) is 0.438. The third-order valence-corrected chi connectivity index (χ3v) is 5.70. The largest absolute Gasteiger partial charge is 0.396 e. The summed E-state index contributed by atoms with van der Waals surface area (Å²) in [5.41, 5.74) is 8.81. The number of nitrogens with one attached hydrogen (secondary N) is 1. The van der Waals surface area contributed by atoms with Gasteiger partial charge in [-0.2, -0.15) is 11.8 Å². The summed E-state index contributed by atoms with van der Waals surface area (Å²) in [6.45, 7) is 5.41. The molecule has 0 aliphatic heterocycles. The molecular formula is C16H23N3S. The predicted octanol–water partition coefficient (Wildman–Crippen LogP) is 4.15. The van der Waals surface area contributed by atoms with Crippen LogP contribution in [-0.2, 0) is 0 Å². The van der Waals surface area contributed by atoms with Crippen LogP contribution in [0.1, 0.15) is 26.7 Å². The number of anilines is 2. The molecule has 0 fully saturated rings. The zero-order valence-electron chi connectivity index (χ0n) is 12.4. The smallest absolute Gasteiger partial charge is 0.0743 e. The molecule has 0 spiro atoms. The first-order valence-electron chi connectivity index (χ1n) is 7.08. The number of hydrogen-bond donors (Lipinski definition) is 2. The van der Waals surface area contributed by atoms with Gasteiger partial charge in [-0.15, -0.1) is 0 Å². The maximum atomic E-state index is 6.11. The summed E-state index contributed by atoms with van der Waals surface area (Å²) in [5.74, 6) is 0. The van der Waals surface area contributed by atoms with Crippen molar-refractivity contribution in [3.05, 3.63) is 30.5 Å². The van der Waals surface area contributed by atoms with E-state index in [1.54, 1.807) is 6.20 Å². The molecule has 0 aliphatic rings. The molecule has 3 nitrogen and oxygen atoms in total. The number of aromatic nitrogens is 1. The highest BCUT2D eigenvalue weighted by Gasteiger charge is 2.25. The van der Waals surface area contributed by atoms with Crippen molar-refractivity contribution in [1.29, 1.82) is 0 Å². The molecular weight excluding hydrogens is 266 g/mol. The van der Waals surface area contributed by atoms with Gasteiger partial charge in [-0.3, -0.25) is 4.98 Å². The molecule has 1 aromatic heterocycles. The monoisotopic (exact) mass is 289 g/mol. The van der Waals surface area contributed by atoms with E-state index in [2.05, 4.69) is 36.5 Å². The maximum Gasteiger partial charge on any atom is 0.0743 e. The van der Waals surface area contributed by atoms with Crippen molar-refractivity contribution >= 4 is 34.0 Å². The summed E-state index contributed by atoms with van der Waals surface area (Å²) in [5, 5.41) is 4.66. The number of para-hydroxylation sites is 1. The normalized spacial score (nSPS) is 11.8. The predicted molar refractivity (Wildman–Crippen MR) is 91.5 cm³/mol. The van der Waals surface area contributed by atoms with Crippen LogP contribution in [0.3, 0.4) is 0 Å². The summed E-state index contributed by atoms with van der Waals surface area (Å²) in [6.07, 6.45) is 6.20. The summed E-state index contributed by atoms with van der Waals surface area (Å²) < 4.78 is 0.261. The topological polar surface area (TPSA) is 50.9 Å². The van der Waals surface area contributed by atoms with E-state index >= 15 is 0 Å². The molecule has 3 N–H and O–H groups in total. The minimum absolute atomic E-state index is 0.261. The molecule has 0 bridgehead atoms. The summed E-state index contributed by atoms with van der Waals surface area (Å²) >= 11 is 1.93. The van der Waals surface area contributed by atoms with E-state index < -0.39 is 0 Å². The molecule has 0 aliphatic carbocycles. The van der Waals surface area contributed by atoms with Gasteiger partial charge in [0.25, 0.3) is 0 Å². The Hall–Kier alpha value is -1.42. The van der Waals surface area contributed by atoms with Crippen LogP contribution in [0.4, 0.5) is 11.4 Å². The second-order valence-electron chi connectivity index (χ2n) is 5.05. The highest BCUT2D eigenvalue weighted by Crippen LogP contribution is 2.33. The minimum Gasteiger partial charge on any atom is -0.396 e. The lowest BCUT2D eigenvalue weighted by molar-refractivity contribution is 0.575. The first kappa shape index (κ1) is 15.0. The number of benzene rings is 1. The van der Waals surface area contributed by atoms with Crippen LogP contribution in [0, 0.1) is 0 Å². The molecule has 1 heterocycles. The molecule has 108 valence electrons. The third-order valence-electron chi connectivity index (χ3n) is 4.11. The fourth-order valence-corrected chi connectivity index (χ4v) is 3.26. The lowest BCUT2D eigenvalue weighted by Gasteiger charge is -2.30. The van der Waals surface area contributed by atoms with Crippen molar-refractivity contribution in [2.45, 2.75) is 31.4 Å². The zero-order valence-corrected chi connectivity index (χ0v) is 13.3. The van der Waals surface area contributed by atoms with Gasteiger partial charge in [-0.25, -0.2) is 0 Å². The van der Waals surface area contributed by atoms with E-state index in [4.69, 9.17) is 5.73 Å². The molecule has 0 atom stereocenters. The average molecular weight is 289 g/mol. The Kier molecular flexibility index (Phi) is 4.76. The number of nitrogen functional groups attached to an aromatic ring is 1. The molecule has 0 saturated carbocycles. The molecule has 0 unspecified atom stereocenters. The van der Waals surface area contributed by atoms with Crippen LogP contribution in [-0.4, -0.2) is 22.5 Å². The van der Waals surface area contributed by atoms with Gasteiger partial charge in [-0.05, 0) is 25.2 Å². The second kappa shape index (κ2) is 6.35. The molecule has 0 amide bonds. The first-order chi connectivity index (χ1) is 9.65. The zero-order chi connectivity index (χ0) is 14.6. The number of rotatable bonds is 6. The standard InChI is InChI=1S/C16H23N3S/c1-4-16(5-2,20-3)11-19-15-12-8-6-7-9-14(12)18-10-13(15)17/h6-10H,4-5,11,17H2,1-3H3,(H,18,19). The molecule has 2 rings (SSSR count). The lowest BCUT2D eigenvalue weighted by Crippen LogP contribution is -2.32. The van der Waals surface area contributed by atoms with E-state index in [1.165, 1.54) is 0 Å². The first-order valence-corrected chi connectivity index (χ1v) is 8.30. The van der Waals surface area contributed by atoms with E-state index in [0.29, 0.717) is 5.69 Å². The van der Waals surface area contributed by atoms with Crippen molar-refractivity contribution in [3.8, 4) is 0 Å². The number of hydrogen-bond acceptors (Lipinski definition) is 4. The highest BCUT2D eigenvalue weighted by atomic mass is 32.2. The van der Waals surface area contributed by atoms with Gasteiger partial charge >= 0.3 is 0 Å². The lowest BCUT2D eigenvalue weighted by atomic mass is 10.0. The minimum atomic E-state index is 0.261. The van der Waals surface area contributed by atoms with Crippen molar-refractivity contribution in [2.24, 2.45) is 0 Å². The van der Waals surface area contributed by atoms with Crippen molar-refractivity contribution in [3.63, 3.8) is 0 Å². The van der Waals surface area contributed by atoms with Gasteiger partial charge < -0.3 is 11.1 Å². The van der Waals surface area contributed by atoms with Crippen molar-refractivity contribution in [2.75, 3.05) is 23.9 Å². The second-order valence-corrected chi connectivity index (χ2v) is 6.33. The van der Waals surface area contributed by atoms with Crippen LogP contribution in [0.25, 0.3) is 10.9 Å². The van der Waals surface area contributed by atoms with E-state index in [-0.39, 0.29) is 4.75 Å². The Balaban J connectivity index is 2.32. The number of fused-ring (bicyclic) bond motifs is 1. The van der Waals surface area contributed by atoms with Crippen LogP contribution in [0.2, 0.25) is 0 Å². The quantitative estimate of drug-likeness (QED) is 0.838. The number of pyridine rings is 1. The van der Waals surface area contributed by atoms with Gasteiger partial charge in [0.2, 0.25) is 0 Å². The van der Waals surface area contributed by atoms with Gasteiger partial charge in [0.05, 0.1) is 23.1 Å². The highest BCUT2D eigenvalue weighted by molar-refractivity contribution is 8.00. The molecule has 1 aromatic carbocycles. The average Bonchev–Trinajstić information content (AvgIpc) is 2.51. The number of nitrogens with zero attached hydrogens (tertiary/aromatic N) is 1. The van der Waals surface area contributed by atoms with Crippen LogP contribution >= 0.6 is 11.8 Å². The van der Waals surface area contributed by atoms with Gasteiger partial charge in [0, 0.05) is 16.7 Å². The summed E-state index contributed by atoms with van der Waals surface area (Å²) in [7, 11) is 0. The summed E-state index contributed by atoms with van der Waals surface area (Å²) in [4.78, 5) is 4.38. The van der Waals surface area contributed by atoms with Crippen LogP contribution in [0.15, 0.2) is 30.5 Å². The molecule has 20 heavy (non-hydrogen) atoms. The van der Waals surface area contributed by atoms with Gasteiger partial charge in [0.1, 0.15) is 0 Å². The molecule has 4 heteroatoms. The Morgan fingerprint density at radius 2 is 1.95 bits per heavy atom. The van der Waals surface area contributed by atoms with Crippen LogP contribution < -0.4 is 11.1 Å². The Labute approximate surface area is 125 Å². The van der Waals surface area contributed by atoms with Gasteiger partial charge in [0.15, 0.2) is 0 Å². The van der Waals surface area contributed by atoms with Crippen molar-refractivity contribution < 1.29 is 0 Å². The third kappa shape index (κ3) is 2.85. The van der Waals surface area contributed by atoms with Crippen LogP contribution in [0.5, 0.6) is 0 Å². The molecule has 2 aromatic rings. The van der Waals surface area contributed by atoms with E-state index in [0.717, 1.165) is 36.0 Å². The van der Waals surface area contributed by atoms with E-state index in [9.17, 15) is 0 Å².